The number of benzene rings is 2. The molecule has 31 heavy (non-hydrogen) atoms. The van der Waals surface area contributed by atoms with Gasteiger partial charge in [0.05, 0.1) is 12.7 Å². The third-order valence-corrected chi connectivity index (χ3v) is 5.33. The molecule has 4 aromatic rings. The average Bonchev–Trinajstić information content (AvgIpc) is 3.25. The van der Waals surface area contributed by atoms with E-state index in [-0.39, 0.29) is 5.91 Å². The fraction of sp³-hybridized carbons (Fsp3) is 0.0909. The van der Waals surface area contributed by atoms with Crippen LogP contribution in [0, 0.1) is 0 Å². The zero-order valence-corrected chi connectivity index (χ0v) is 18.0. The third-order valence-electron chi connectivity index (χ3n) is 4.34. The number of halogens is 1. The van der Waals surface area contributed by atoms with Crippen molar-refractivity contribution in [1.29, 1.82) is 0 Å². The van der Waals surface area contributed by atoms with Crippen LogP contribution >= 0.6 is 22.9 Å². The molecule has 0 aliphatic heterocycles. The lowest BCUT2D eigenvalue weighted by atomic mass is 10.0. The van der Waals surface area contributed by atoms with Gasteiger partial charge in [-0.3, -0.25) is 15.1 Å². The van der Waals surface area contributed by atoms with Gasteiger partial charge in [0.2, 0.25) is 5.13 Å². The Hall–Kier alpha value is -3.49. The number of ether oxygens (including phenoxy) is 2. The van der Waals surface area contributed by atoms with Crippen molar-refractivity contribution >= 4 is 34.0 Å². The zero-order chi connectivity index (χ0) is 21.6. The number of para-hydroxylation sites is 1. The van der Waals surface area contributed by atoms with Crippen LogP contribution in [0.1, 0.15) is 15.9 Å². The van der Waals surface area contributed by atoms with Gasteiger partial charge in [-0.15, -0.1) is 5.10 Å². The topological polar surface area (TPSA) is 86.2 Å². The monoisotopic (exact) mass is 452 g/mol. The lowest BCUT2D eigenvalue weighted by Crippen LogP contribution is -2.13. The molecule has 0 saturated carbocycles. The SMILES string of the molecule is COc1ccccc1-c1cnccc1C(=O)Nc1nnc(OCc2cccc(Cl)c2)s1. The molecule has 0 aliphatic rings. The number of nitrogens with one attached hydrogen (secondary N) is 1. The van der Waals surface area contributed by atoms with Crippen LogP contribution in [0.5, 0.6) is 10.9 Å². The van der Waals surface area contributed by atoms with Gasteiger partial charge in [0.25, 0.3) is 11.1 Å². The van der Waals surface area contributed by atoms with Gasteiger partial charge in [0.1, 0.15) is 12.4 Å². The molecule has 2 heterocycles. The minimum Gasteiger partial charge on any atom is -0.496 e. The molecule has 4 rings (SSSR count). The molecular weight excluding hydrogens is 436 g/mol. The predicted molar refractivity (Wildman–Crippen MR) is 120 cm³/mol. The molecule has 0 aliphatic carbocycles. The molecule has 0 radical (unpaired) electrons. The highest BCUT2D eigenvalue weighted by Crippen LogP contribution is 2.32. The van der Waals surface area contributed by atoms with Gasteiger partial charge < -0.3 is 9.47 Å². The van der Waals surface area contributed by atoms with Gasteiger partial charge in [-0.05, 0) is 41.2 Å². The third kappa shape index (κ3) is 4.99. The van der Waals surface area contributed by atoms with Gasteiger partial charge in [0.15, 0.2) is 0 Å². The first-order valence-corrected chi connectivity index (χ1v) is 10.4. The first-order chi connectivity index (χ1) is 15.1. The van der Waals surface area contributed by atoms with E-state index in [0.29, 0.717) is 38.8 Å². The summed E-state index contributed by atoms with van der Waals surface area (Å²) in [6.45, 7) is 0.297. The standard InChI is InChI=1S/C22H17ClN4O3S/c1-29-19-8-3-2-7-16(19)18-12-24-10-9-17(18)20(28)25-21-26-27-22(31-21)30-13-14-5-4-6-15(23)11-14/h2-12H,13H2,1H3,(H,25,26,28). The van der Waals surface area contributed by atoms with E-state index in [1.807, 2.05) is 42.5 Å². The van der Waals surface area contributed by atoms with Gasteiger partial charge in [-0.25, -0.2) is 0 Å². The number of aromatic nitrogens is 3. The number of hydrogen-bond acceptors (Lipinski definition) is 7. The summed E-state index contributed by atoms with van der Waals surface area (Å²) >= 11 is 7.12. The highest BCUT2D eigenvalue weighted by atomic mass is 35.5. The zero-order valence-electron chi connectivity index (χ0n) is 16.4. The molecule has 2 aromatic carbocycles. The fourth-order valence-corrected chi connectivity index (χ4v) is 3.73. The van der Waals surface area contributed by atoms with Gasteiger partial charge >= 0.3 is 0 Å². The van der Waals surface area contributed by atoms with E-state index in [1.54, 1.807) is 31.6 Å². The van der Waals surface area contributed by atoms with Crippen LogP contribution in [0.4, 0.5) is 5.13 Å². The largest absolute Gasteiger partial charge is 0.496 e. The lowest BCUT2D eigenvalue weighted by molar-refractivity contribution is 0.102. The van der Waals surface area contributed by atoms with Crippen molar-refractivity contribution in [3.63, 3.8) is 0 Å². The van der Waals surface area contributed by atoms with E-state index in [4.69, 9.17) is 21.1 Å². The summed E-state index contributed by atoms with van der Waals surface area (Å²) in [5.41, 5.74) is 2.77. The van der Waals surface area contributed by atoms with Crippen LogP contribution in [0.3, 0.4) is 0 Å². The highest BCUT2D eigenvalue weighted by Gasteiger charge is 2.17. The summed E-state index contributed by atoms with van der Waals surface area (Å²) < 4.78 is 11.1. The van der Waals surface area contributed by atoms with E-state index in [9.17, 15) is 4.79 Å². The highest BCUT2D eigenvalue weighted by molar-refractivity contribution is 7.17. The maximum atomic E-state index is 12.9. The Morgan fingerprint density at radius 1 is 1.10 bits per heavy atom. The molecule has 1 amide bonds. The molecule has 9 heteroatoms. The number of carbonyl (C=O) groups excluding carboxylic acids is 1. The Labute approximate surface area is 187 Å². The van der Waals surface area contributed by atoms with Gasteiger partial charge in [-0.2, -0.15) is 0 Å². The number of nitrogens with zero attached hydrogens (tertiary/aromatic N) is 3. The average molecular weight is 453 g/mol. The summed E-state index contributed by atoms with van der Waals surface area (Å²) in [6, 6.07) is 16.5. The predicted octanol–water partition coefficient (Wildman–Crippen LogP) is 5.09. The summed E-state index contributed by atoms with van der Waals surface area (Å²) in [5, 5.41) is 12.0. The van der Waals surface area contributed by atoms with Crippen molar-refractivity contribution in [2.24, 2.45) is 0 Å². The maximum absolute atomic E-state index is 12.9. The molecule has 0 atom stereocenters. The molecule has 0 fully saturated rings. The first-order valence-electron chi connectivity index (χ1n) is 9.23. The Balaban J connectivity index is 1.48. The Morgan fingerprint density at radius 3 is 2.81 bits per heavy atom. The smallest absolute Gasteiger partial charge is 0.296 e. The molecular formula is C22H17ClN4O3S. The Kier molecular flexibility index (Phi) is 6.40. The molecule has 0 unspecified atom stereocenters. The second-order valence-electron chi connectivity index (χ2n) is 6.37. The van der Waals surface area contributed by atoms with Crippen LogP contribution in [-0.4, -0.2) is 28.2 Å². The second kappa shape index (κ2) is 9.55. The molecule has 0 saturated heterocycles. The number of rotatable bonds is 7. The van der Waals surface area contributed by atoms with Crippen LogP contribution in [0.15, 0.2) is 67.0 Å². The van der Waals surface area contributed by atoms with Crippen molar-refractivity contribution in [3.8, 4) is 22.1 Å². The minimum absolute atomic E-state index is 0.297. The molecule has 1 N–H and O–H groups in total. The first kappa shape index (κ1) is 20.8. The van der Waals surface area contributed by atoms with E-state index in [1.165, 1.54) is 0 Å². The normalized spacial score (nSPS) is 10.5. The summed E-state index contributed by atoms with van der Waals surface area (Å²) in [6.07, 6.45) is 3.19. The number of pyridine rings is 1. The van der Waals surface area contributed by atoms with E-state index in [0.717, 1.165) is 22.5 Å². The number of carbonyl (C=O) groups is 1. The summed E-state index contributed by atoms with van der Waals surface area (Å²) in [5.74, 6) is 0.318. The van der Waals surface area contributed by atoms with Crippen molar-refractivity contribution in [1.82, 2.24) is 15.2 Å². The minimum atomic E-state index is -0.333. The van der Waals surface area contributed by atoms with Crippen LogP contribution in [-0.2, 0) is 6.61 Å². The van der Waals surface area contributed by atoms with Crippen LogP contribution in [0.2, 0.25) is 5.02 Å². The van der Waals surface area contributed by atoms with E-state index in [2.05, 4.69) is 20.5 Å². The molecule has 7 nitrogen and oxygen atoms in total. The number of hydrogen-bond donors (Lipinski definition) is 1. The molecule has 2 aromatic heterocycles. The second-order valence-corrected chi connectivity index (χ2v) is 7.74. The van der Waals surface area contributed by atoms with Crippen LogP contribution < -0.4 is 14.8 Å². The fourth-order valence-electron chi connectivity index (χ4n) is 2.93. The Morgan fingerprint density at radius 2 is 1.97 bits per heavy atom. The Bertz CT molecular complexity index is 1210. The molecule has 156 valence electrons. The quantitative estimate of drug-likeness (QED) is 0.420. The van der Waals surface area contributed by atoms with Crippen molar-refractivity contribution in [3.05, 3.63) is 83.1 Å². The number of anilines is 1. The van der Waals surface area contributed by atoms with Crippen molar-refractivity contribution < 1.29 is 14.3 Å². The van der Waals surface area contributed by atoms with E-state index < -0.39 is 0 Å². The summed E-state index contributed by atoms with van der Waals surface area (Å²) in [7, 11) is 1.58. The molecule has 0 bridgehead atoms. The number of amides is 1. The van der Waals surface area contributed by atoms with Crippen molar-refractivity contribution in [2.45, 2.75) is 6.61 Å². The summed E-state index contributed by atoms with van der Waals surface area (Å²) in [4.78, 5) is 17.1. The van der Waals surface area contributed by atoms with Crippen LogP contribution in [0.25, 0.3) is 11.1 Å². The van der Waals surface area contributed by atoms with Gasteiger partial charge in [0, 0.05) is 28.5 Å². The van der Waals surface area contributed by atoms with Crippen molar-refractivity contribution in [2.75, 3.05) is 12.4 Å². The van der Waals surface area contributed by atoms with Gasteiger partial charge in [-0.1, -0.05) is 47.0 Å². The molecule has 0 spiro atoms. The maximum Gasteiger partial charge on any atom is 0.296 e. The number of methoxy groups -OCH3 is 1. The van der Waals surface area contributed by atoms with E-state index >= 15 is 0 Å². The lowest BCUT2D eigenvalue weighted by Gasteiger charge is -2.11.